The van der Waals surface area contributed by atoms with E-state index in [1.807, 2.05) is 19.9 Å². The van der Waals surface area contributed by atoms with Crippen LogP contribution in [0, 0.1) is 0 Å². The molecule has 2 nitrogen and oxygen atoms in total. The Morgan fingerprint density at radius 2 is 1.80 bits per heavy atom. The molecule has 1 aliphatic carbocycles. The second-order valence-corrected chi connectivity index (χ2v) is 3.26. The molecule has 0 saturated heterocycles. The van der Waals surface area contributed by atoms with Gasteiger partial charge < -0.3 is 0 Å². The summed E-state index contributed by atoms with van der Waals surface area (Å²) in [4.78, 5) is 8.43. The second kappa shape index (κ2) is 6.12. The smallest absolute Gasteiger partial charge is 0.158 e. The van der Waals surface area contributed by atoms with E-state index in [1.165, 1.54) is 5.57 Å². The average Bonchev–Trinajstić information content (AvgIpc) is 2.33. The van der Waals surface area contributed by atoms with Crippen LogP contribution in [0.1, 0.15) is 39.4 Å². The maximum atomic E-state index is 4.21. The van der Waals surface area contributed by atoms with Gasteiger partial charge in [-0.15, -0.1) is 0 Å². The number of rotatable bonds is 1. The van der Waals surface area contributed by atoms with Gasteiger partial charge in [0, 0.05) is 18.0 Å². The minimum Gasteiger partial charge on any atom is -0.237 e. The first kappa shape index (κ1) is 11.6. The molecule has 0 radical (unpaired) electrons. The molecule has 1 aromatic rings. The molecule has 2 rings (SSSR count). The fourth-order valence-corrected chi connectivity index (χ4v) is 1.46. The molecule has 1 aromatic heterocycles. The first-order chi connectivity index (χ1) is 7.36. The lowest BCUT2D eigenvalue weighted by Crippen LogP contribution is -1.94. The van der Waals surface area contributed by atoms with Crippen molar-refractivity contribution in [3.8, 4) is 0 Å². The Kier molecular flexibility index (Phi) is 4.75. The van der Waals surface area contributed by atoms with Crippen molar-refractivity contribution < 1.29 is 0 Å². The van der Waals surface area contributed by atoms with Crippen LogP contribution in [0.15, 0.2) is 36.2 Å². The maximum absolute atomic E-state index is 4.21. The van der Waals surface area contributed by atoms with Gasteiger partial charge in [0.25, 0.3) is 0 Å². The Labute approximate surface area is 91.8 Å². The van der Waals surface area contributed by atoms with Gasteiger partial charge in [-0.25, -0.2) is 9.97 Å². The molecule has 0 unspecified atom stereocenters. The SMILES string of the molecule is CC.CC1=CC(c2ncccn2)=CCC1. The minimum atomic E-state index is 0.835. The third kappa shape index (κ3) is 3.31. The molecule has 0 atom stereocenters. The molecule has 0 amide bonds. The van der Waals surface area contributed by atoms with Crippen molar-refractivity contribution in [3.63, 3.8) is 0 Å². The molecule has 15 heavy (non-hydrogen) atoms. The lowest BCUT2D eigenvalue weighted by atomic mass is 10.0. The van der Waals surface area contributed by atoms with Crippen LogP contribution in [-0.4, -0.2) is 9.97 Å². The largest absolute Gasteiger partial charge is 0.237 e. The summed E-state index contributed by atoms with van der Waals surface area (Å²) in [6, 6.07) is 1.84. The molecule has 0 N–H and O–H groups in total. The number of allylic oxidation sites excluding steroid dienone is 4. The summed E-state index contributed by atoms with van der Waals surface area (Å²) in [5.74, 6) is 0.835. The summed E-state index contributed by atoms with van der Waals surface area (Å²) >= 11 is 0. The first-order valence-electron chi connectivity index (χ1n) is 5.51. The van der Waals surface area contributed by atoms with E-state index < -0.39 is 0 Å². The van der Waals surface area contributed by atoms with Crippen molar-refractivity contribution in [2.75, 3.05) is 0 Å². The van der Waals surface area contributed by atoms with Crippen LogP contribution in [0.25, 0.3) is 5.57 Å². The number of nitrogens with zero attached hydrogens (tertiary/aromatic N) is 2. The van der Waals surface area contributed by atoms with Crippen molar-refractivity contribution in [1.29, 1.82) is 0 Å². The third-order valence-electron chi connectivity index (χ3n) is 2.13. The summed E-state index contributed by atoms with van der Waals surface area (Å²) < 4.78 is 0. The van der Waals surface area contributed by atoms with Gasteiger partial charge in [-0.2, -0.15) is 0 Å². The minimum absolute atomic E-state index is 0.835. The van der Waals surface area contributed by atoms with E-state index >= 15 is 0 Å². The fraction of sp³-hybridized carbons (Fsp3) is 0.385. The van der Waals surface area contributed by atoms with Crippen molar-refractivity contribution in [3.05, 3.63) is 42.0 Å². The Morgan fingerprint density at radius 1 is 1.13 bits per heavy atom. The maximum Gasteiger partial charge on any atom is 0.158 e. The van der Waals surface area contributed by atoms with E-state index in [2.05, 4.69) is 29.0 Å². The molecule has 80 valence electrons. The third-order valence-corrected chi connectivity index (χ3v) is 2.13. The van der Waals surface area contributed by atoms with E-state index in [9.17, 15) is 0 Å². The van der Waals surface area contributed by atoms with E-state index in [0.29, 0.717) is 0 Å². The predicted octanol–water partition coefficient (Wildman–Crippen LogP) is 3.63. The fourth-order valence-electron chi connectivity index (χ4n) is 1.46. The standard InChI is InChI=1S/C11H12N2.C2H6/c1-9-4-2-5-10(8-9)11-12-6-3-7-13-11;1-2/h3,5-8H,2,4H2,1H3;1-2H3. The van der Waals surface area contributed by atoms with Gasteiger partial charge in [-0.3, -0.25) is 0 Å². The number of hydrogen-bond donors (Lipinski definition) is 0. The van der Waals surface area contributed by atoms with Gasteiger partial charge in [0.05, 0.1) is 0 Å². The summed E-state index contributed by atoms with van der Waals surface area (Å²) in [7, 11) is 0. The zero-order valence-electron chi connectivity index (χ0n) is 9.70. The van der Waals surface area contributed by atoms with Gasteiger partial charge in [0.2, 0.25) is 0 Å². The van der Waals surface area contributed by atoms with E-state index in [0.717, 1.165) is 24.2 Å². The molecule has 0 saturated carbocycles. The summed E-state index contributed by atoms with van der Waals surface area (Å²) in [6.07, 6.45) is 10.2. The van der Waals surface area contributed by atoms with Gasteiger partial charge in [0.1, 0.15) is 0 Å². The average molecular weight is 202 g/mol. The van der Waals surface area contributed by atoms with Crippen LogP contribution < -0.4 is 0 Å². The molecule has 1 heterocycles. The van der Waals surface area contributed by atoms with Crippen molar-refractivity contribution >= 4 is 5.57 Å². The topological polar surface area (TPSA) is 25.8 Å². The molecule has 1 aliphatic rings. The Balaban J connectivity index is 0.000000531. The van der Waals surface area contributed by atoms with Gasteiger partial charge in [-0.1, -0.05) is 31.6 Å². The van der Waals surface area contributed by atoms with Crippen LogP contribution in [-0.2, 0) is 0 Å². The van der Waals surface area contributed by atoms with Gasteiger partial charge >= 0.3 is 0 Å². The number of hydrogen-bond acceptors (Lipinski definition) is 2. The van der Waals surface area contributed by atoms with Crippen LogP contribution in [0.3, 0.4) is 0 Å². The van der Waals surface area contributed by atoms with Gasteiger partial charge in [-0.05, 0) is 25.8 Å². The monoisotopic (exact) mass is 202 g/mol. The normalized spacial score (nSPS) is 14.6. The highest BCUT2D eigenvalue weighted by atomic mass is 14.9. The summed E-state index contributed by atoms with van der Waals surface area (Å²) in [5.41, 5.74) is 2.56. The predicted molar refractivity (Wildman–Crippen MR) is 64.3 cm³/mol. The molecule has 2 heteroatoms. The quantitative estimate of drug-likeness (QED) is 0.695. The lowest BCUT2D eigenvalue weighted by Gasteiger charge is -2.08. The van der Waals surface area contributed by atoms with Crippen molar-refractivity contribution in [2.24, 2.45) is 0 Å². The Bertz CT molecular complexity index is 350. The molecule has 0 aliphatic heterocycles. The van der Waals surface area contributed by atoms with Crippen LogP contribution in [0.2, 0.25) is 0 Å². The second-order valence-electron chi connectivity index (χ2n) is 3.26. The van der Waals surface area contributed by atoms with E-state index in [4.69, 9.17) is 0 Å². The Hall–Kier alpha value is -1.44. The van der Waals surface area contributed by atoms with Crippen LogP contribution in [0.5, 0.6) is 0 Å². The van der Waals surface area contributed by atoms with Gasteiger partial charge in [0.15, 0.2) is 5.82 Å². The highest BCUT2D eigenvalue weighted by Crippen LogP contribution is 2.21. The zero-order valence-corrected chi connectivity index (χ0v) is 9.70. The highest BCUT2D eigenvalue weighted by Gasteiger charge is 2.05. The first-order valence-corrected chi connectivity index (χ1v) is 5.51. The molecular formula is C13H18N2. The molecule has 0 bridgehead atoms. The summed E-state index contributed by atoms with van der Waals surface area (Å²) in [6.45, 7) is 6.15. The highest BCUT2D eigenvalue weighted by molar-refractivity contribution is 5.71. The summed E-state index contributed by atoms with van der Waals surface area (Å²) in [5, 5.41) is 0. The number of aromatic nitrogens is 2. The van der Waals surface area contributed by atoms with Crippen LogP contribution in [0.4, 0.5) is 0 Å². The molecular weight excluding hydrogens is 184 g/mol. The molecule has 0 aromatic carbocycles. The Morgan fingerprint density at radius 3 is 2.40 bits per heavy atom. The van der Waals surface area contributed by atoms with Crippen molar-refractivity contribution in [2.45, 2.75) is 33.6 Å². The van der Waals surface area contributed by atoms with Crippen LogP contribution >= 0.6 is 0 Å². The zero-order chi connectivity index (χ0) is 11.1. The lowest BCUT2D eigenvalue weighted by molar-refractivity contribution is 0.958. The van der Waals surface area contributed by atoms with Crippen molar-refractivity contribution in [1.82, 2.24) is 9.97 Å². The van der Waals surface area contributed by atoms with E-state index in [1.54, 1.807) is 12.4 Å². The molecule has 0 spiro atoms. The van der Waals surface area contributed by atoms with E-state index in [-0.39, 0.29) is 0 Å². The molecule has 0 fully saturated rings.